The lowest BCUT2D eigenvalue weighted by Gasteiger charge is -2.12. The van der Waals surface area contributed by atoms with Gasteiger partial charge in [0.25, 0.3) is 5.69 Å². The molecule has 0 spiro atoms. The summed E-state index contributed by atoms with van der Waals surface area (Å²) >= 11 is 1.47. The zero-order valence-electron chi connectivity index (χ0n) is 20.1. The number of anilines is 1. The number of urea groups is 1. The van der Waals surface area contributed by atoms with Gasteiger partial charge in [-0.1, -0.05) is 42.1 Å². The number of carbonyl (C=O) groups excluding carboxylic acids is 1. The standard InChI is InChI=1S/C25H24N6O5S/c1-35-21-12-18(13-22(14-21)36-2)27-24(32)26-15-23-28-29-25(37-16-17-6-4-3-5-7-17)30(23)19-8-10-20(11-9-19)31(33)34/h3-14H,15-16H2,1-2H3,(H2,26,27,32). The molecule has 1 heterocycles. The molecule has 0 radical (unpaired) electrons. The van der Waals surface area contributed by atoms with Crippen molar-refractivity contribution >= 4 is 29.2 Å². The average molecular weight is 521 g/mol. The fourth-order valence-corrected chi connectivity index (χ4v) is 4.35. The van der Waals surface area contributed by atoms with Gasteiger partial charge in [-0.05, 0) is 17.7 Å². The van der Waals surface area contributed by atoms with Gasteiger partial charge in [0.05, 0.1) is 25.7 Å². The molecule has 11 nitrogen and oxygen atoms in total. The molecule has 2 amide bonds. The summed E-state index contributed by atoms with van der Waals surface area (Å²) in [5.41, 5.74) is 2.21. The van der Waals surface area contributed by atoms with Crippen molar-refractivity contribution < 1.29 is 19.2 Å². The van der Waals surface area contributed by atoms with Gasteiger partial charge in [0.1, 0.15) is 11.5 Å². The number of nitro groups is 1. The number of carbonyl (C=O) groups is 1. The quantitative estimate of drug-likeness (QED) is 0.173. The molecule has 0 aliphatic rings. The number of non-ortho nitro benzene ring substituents is 1. The third-order valence-electron chi connectivity index (χ3n) is 5.25. The number of nitrogens with one attached hydrogen (secondary N) is 2. The fraction of sp³-hybridized carbons (Fsp3) is 0.160. The van der Waals surface area contributed by atoms with Crippen LogP contribution in [-0.4, -0.2) is 39.9 Å². The van der Waals surface area contributed by atoms with Gasteiger partial charge < -0.3 is 20.1 Å². The van der Waals surface area contributed by atoms with E-state index in [1.807, 2.05) is 30.3 Å². The van der Waals surface area contributed by atoms with Crippen LogP contribution < -0.4 is 20.1 Å². The first-order chi connectivity index (χ1) is 18.0. The van der Waals surface area contributed by atoms with E-state index in [1.54, 1.807) is 34.9 Å². The molecule has 37 heavy (non-hydrogen) atoms. The monoisotopic (exact) mass is 520 g/mol. The number of methoxy groups -OCH3 is 2. The lowest BCUT2D eigenvalue weighted by atomic mass is 10.2. The smallest absolute Gasteiger partial charge is 0.319 e. The molecule has 12 heteroatoms. The van der Waals surface area contributed by atoms with E-state index in [-0.39, 0.29) is 12.2 Å². The highest BCUT2D eigenvalue weighted by atomic mass is 32.2. The minimum Gasteiger partial charge on any atom is -0.497 e. The minimum atomic E-state index is -0.466. The largest absolute Gasteiger partial charge is 0.497 e. The summed E-state index contributed by atoms with van der Waals surface area (Å²) in [5.74, 6) is 2.18. The third kappa shape index (κ3) is 6.55. The summed E-state index contributed by atoms with van der Waals surface area (Å²) < 4.78 is 12.2. The average Bonchev–Trinajstić information content (AvgIpc) is 3.33. The molecule has 0 aliphatic heterocycles. The Bertz CT molecular complexity index is 1360. The summed E-state index contributed by atoms with van der Waals surface area (Å²) in [6.45, 7) is 0.0584. The summed E-state index contributed by atoms with van der Waals surface area (Å²) in [6, 6.07) is 20.6. The summed E-state index contributed by atoms with van der Waals surface area (Å²) in [7, 11) is 3.05. The number of thioether (sulfide) groups is 1. The number of nitro benzene ring substituents is 1. The SMILES string of the molecule is COc1cc(NC(=O)NCc2nnc(SCc3ccccc3)n2-c2ccc([N+](=O)[O-])cc2)cc(OC)c1. The number of rotatable bonds is 10. The molecule has 0 aliphatic carbocycles. The van der Waals surface area contributed by atoms with E-state index in [4.69, 9.17) is 9.47 Å². The number of nitrogens with zero attached hydrogens (tertiary/aromatic N) is 4. The Balaban J connectivity index is 1.53. The number of hydrogen-bond acceptors (Lipinski definition) is 8. The molecule has 1 aromatic heterocycles. The van der Waals surface area contributed by atoms with Crippen molar-refractivity contribution in [1.82, 2.24) is 20.1 Å². The molecule has 4 rings (SSSR count). The van der Waals surface area contributed by atoms with Crippen molar-refractivity contribution in [3.63, 3.8) is 0 Å². The van der Waals surface area contributed by atoms with Gasteiger partial charge in [-0.3, -0.25) is 14.7 Å². The van der Waals surface area contributed by atoms with Crippen molar-refractivity contribution in [2.75, 3.05) is 19.5 Å². The second kappa shape index (κ2) is 11.9. The van der Waals surface area contributed by atoms with Gasteiger partial charge in [0, 0.05) is 47.5 Å². The number of aromatic nitrogens is 3. The predicted molar refractivity (Wildman–Crippen MR) is 139 cm³/mol. The molecule has 4 aromatic rings. The van der Waals surface area contributed by atoms with Gasteiger partial charge in [0.15, 0.2) is 11.0 Å². The van der Waals surface area contributed by atoms with Crippen LogP contribution in [0.15, 0.2) is 78.0 Å². The van der Waals surface area contributed by atoms with Gasteiger partial charge in [-0.2, -0.15) is 0 Å². The van der Waals surface area contributed by atoms with E-state index in [1.165, 1.54) is 38.1 Å². The van der Waals surface area contributed by atoms with E-state index >= 15 is 0 Å². The minimum absolute atomic E-state index is 0.0249. The van der Waals surface area contributed by atoms with E-state index in [0.29, 0.717) is 39.6 Å². The highest BCUT2D eigenvalue weighted by molar-refractivity contribution is 7.98. The second-order valence-electron chi connectivity index (χ2n) is 7.69. The van der Waals surface area contributed by atoms with Crippen LogP contribution in [0.25, 0.3) is 5.69 Å². The summed E-state index contributed by atoms with van der Waals surface area (Å²) in [4.78, 5) is 23.3. The maximum Gasteiger partial charge on any atom is 0.319 e. The van der Waals surface area contributed by atoms with Crippen LogP contribution in [0.2, 0.25) is 0 Å². The molecular weight excluding hydrogens is 496 g/mol. The number of amides is 2. The van der Waals surface area contributed by atoms with Gasteiger partial charge >= 0.3 is 6.03 Å². The molecule has 3 aromatic carbocycles. The topological polar surface area (TPSA) is 133 Å². The molecule has 0 saturated heterocycles. The van der Waals surface area contributed by atoms with E-state index in [0.717, 1.165) is 5.56 Å². The van der Waals surface area contributed by atoms with E-state index in [2.05, 4.69) is 20.8 Å². The maximum absolute atomic E-state index is 12.6. The van der Waals surface area contributed by atoms with Crippen LogP contribution in [0.5, 0.6) is 11.5 Å². The lowest BCUT2D eigenvalue weighted by molar-refractivity contribution is -0.384. The van der Waals surface area contributed by atoms with Crippen molar-refractivity contribution in [1.29, 1.82) is 0 Å². The third-order valence-corrected chi connectivity index (χ3v) is 6.25. The molecule has 0 saturated carbocycles. The van der Waals surface area contributed by atoms with Crippen molar-refractivity contribution in [2.45, 2.75) is 17.5 Å². The Morgan fingerprint density at radius 1 is 1.00 bits per heavy atom. The zero-order chi connectivity index (χ0) is 26.2. The van der Waals surface area contributed by atoms with E-state index < -0.39 is 11.0 Å². The van der Waals surface area contributed by atoms with Crippen LogP contribution in [0.3, 0.4) is 0 Å². The molecule has 0 atom stereocenters. The lowest BCUT2D eigenvalue weighted by Crippen LogP contribution is -2.29. The first kappa shape index (κ1) is 25.5. The molecule has 2 N–H and O–H groups in total. The number of benzene rings is 3. The van der Waals surface area contributed by atoms with Gasteiger partial charge in [-0.25, -0.2) is 4.79 Å². The van der Waals surface area contributed by atoms with Crippen LogP contribution in [0.1, 0.15) is 11.4 Å². The van der Waals surface area contributed by atoms with Crippen molar-refractivity contribution in [3.8, 4) is 17.2 Å². The van der Waals surface area contributed by atoms with Crippen LogP contribution in [-0.2, 0) is 12.3 Å². The Hall–Kier alpha value is -4.58. The number of ether oxygens (including phenoxy) is 2. The molecule has 0 bridgehead atoms. The van der Waals surface area contributed by atoms with Gasteiger partial charge in [0.2, 0.25) is 0 Å². The van der Waals surface area contributed by atoms with Crippen LogP contribution in [0.4, 0.5) is 16.2 Å². The van der Waals surface area contributed by atoms with Crippen molar-refractivity contribution in [2.24, 2.45) is 0 Å². The zero-order valence-corrected chi connectivity index (χ0v) is 20.9. The summed E-state index contributed by atoms with van der Waals surface area (Å²) in [6.07, 6.45) is 0. The predicted octanol–water partition coefficient (Wildman–Crippen LogP) is 4.81. The summed E-state index contributed by atoms with van der Waals surface area (Å²) in [5, 5.41) is 25.8. The second-order valence-corrected chi connectivity index (χ2v) is 8.63. The molecule has 190 valence electrons. The van der Waals surface area contributed by atoms with Gasteiger partial charge in [-0.15, -0.1) is 10.2 Å². The first-order valence-corrected chi connectivity index (χ1v) is 12.1. The van der Waals surface area contributed by atoms with Crippen LogP contribution >= 0.6 is 11.8 Å². The van der Waals surface area contributed by atoms with Crippen molar-refractivity contribution in [3.05, 3.63) is 94.3 Å². The Morgan fingerprint density at radius 3 is 2.30 bits per heavy atom. The molecular formula is C25H24N6O5S. The normalized spacial score (nSPS) is 10.5. The molecule has 0 fully saturated rings. The van der Waals surface area contributed by atoms with Crippen LogP contribution in [0, 0.1) is 10.1 Å². The molecule has 0 unspecified atom stereocenters. The Labute approximate surface area is 217 Å². The first-order valence-electron chi connectivity index (χ1n) is 11.1. The van der Waals surface area contributed by atoms with E-state index in [9.17, 15) is 14.9 Å². The maximum atomic E-state index is 12.6. The highest BCUT2D eigenvalue weighted by Crippen LogP contribution is 2.27. The fourth-order valence-electron chi connectivity index (χ4n) is 3.43. The highest BCUT2D eigenvalue weighted by Gasteiger charge is 2.17. The Kier molecular flexibility index (Phi) is 8.21. The number of hydrogen-bond donors (Lipinski definition) is 2. The Morgan fingerprint density at radius 2 is 1.68 bits per heavy atom.